The number of carbonyl (C=O) groups is 1. The van der Waals surface area contributed by atoms with Gasteiger partial charge in [0.1, 0.15) is 0 Å². The number of amides is 1. The van der Waals surface area contributed by atoms with Crippen LogP contribution in [0.4, 0.5) is 5.82 Å². The molecular weight excluding hydrogens is 156 g/mol. The van der Waals surface area contributed by atoms with E-state index in [9.17, 15) is 4.79 Å². The number of nitrogens with two attached hydrogens (primary N) is 1. The maximum Gasteiger partial charge on any atom is 0.239 e. The zero-order valence-electron chi connectivity index (χ0n) is 7.16. The van der Waals surface area contributed by atoms with Gasteiger partial charge in [0.2, 0.25) is 5.91 Å². The normalized spacial score (nSPS) is 9.92. The molecule has 3 N–H and O–H groups in total. The van der Waals surface area contributed by atoms with Gasteiger partial charge in [0.15, 0.2) is 5.82 Å². The van der Waals surface area contributed by atoms with Gasteiger partial charge in [-0.25, -0.2) is 0 Å². The fraction of sp³-hybridized carbons (Fsp3) is 0.429. The first-order chi connectivity index (χ1) is 5.63. The molecule has 0 atom stereocenters. The van der Waals surface area contributed by atoms with Crippen LogP contribution in [0.5, 0.6) is 0 Å². The molecule has 66 valence electrons. The van der Waals surface area contributed by atoms with Crippen LogP contribution in [0.3, 0.4) is 0 Å². The molecule has 0 aliphatic rings. The van der Waals surface area contributed by atoms with Gasteiger partial charge < -0.3 is 11.1 Å². The number of nitrogens with zero attached hydrogens (tertiary/aromatic N) is 2. The number of aryl methyl sites for hydroxylation is 2. The lowest BCUT2D eigenvalue weighted by Crippen LogP contribution is -2.22. The lowest BCUT2D eigenvalue weighted by molar-refractivity contribution is -0.114. The molecule has 0 saturated carbocycles. The molecule has 0 unspecified atom stereocenters. The van der Waals surface area contributed by atoms with Crippen LogP contribution in [0.1, 0.15) is 5.69 Å². The van der Waals surface area contributed by atoms with Crippen molar-refractivity contribution in [1.82, 2.24) is 9.78 Å². The fourth-order valence-corrected chi connectivity index (χ4v) is 0.816. The summed E-state index contributed by atoms with van der Waals surface area (Å²) in [5.74, 6) is 0.318. The van der Waals surface area contributed by atoms with Crippen molar-refractivity contribution in [3.63, 3.8) is 0 Å². The van der Waals surface area contributed by atoms with Gasteiger partial charge >= 0.3 is 0 Å². The molecule has 1 amide bonds. The molecule has 1 aromatic heterocycles. The molecule has 0 spiro atoms. The van der Waals surface area contributed by atoms with Crippen molar-refractivity contribution in [2.24, 2.45) is 12.8 Å². The van der Waals surface area contributed by atoms with Gasteiger partial charge in [-0.05, 0) is 6.92 Å². The molecule has 0 radical (unpaired) electrons. The molecular formula is C7H12N4O. The highest BCUT2D eigenvalue weighted by atomic mass is 16.1. The summed E-state index contributed by atoms with van der Waals surface area (Å²) in [4.78, 5) is 10.8. The van der Waals surface area contributed by atoms with Crippen LogP contribution >= 0.6 is 0 Å². The van der Waals surface area contributed by atoms with Crippen molar-refractivity contribution < 1.29 is 4.79 Å². The average molecular weight is 168 g/mol. The van der Waals surface area contributed by atoms with E-state index in [1.807, 2.05) is 14.0 Å². The summed E-state index contributed by atoms with van der Waals surface area (Å²) in [6.45, 7) is 1.89. The van der Waals surface area contributed by atoms with Crippen LogP contribution in [0, 0.1) is 6.92 Å². The highest BCUT2D eigenvalue weighted by molar-refractivity contribution is 5.91. The van der Waals surface area contributed by atoms with Crippen molar-refractivity contribution in [3.8, 4) is 0 Å². The number of aromatic nitrogens is 2. The number of anilines is 1. The van der Waals surface area contributed by atoms with E-state index in [4.69, 9.17) is 5.73 Å². The van der Waals surface area contributed by atoms with Gasteiger partial charge in [-0.2, -0.15) is 5.10 Å². The van der Waals surface area contributed by atoms with E-state index in [1.165, 1.54) is 0 Å². The van der Waals surface area contributed by atoms with Crippen LogP contribution in [-0.2, 0) is 11.8 Å². The van der Waals surface area contributed by atoms with Gasteiger partial charge in [0.05, 0.1) is 6.54 Å². The fourth-order valence-electron chi connectivity index (χ4n) is 0.816. The molecule has 1 rings (SSSR count). The highest BCUT2D eigenvalue weighted by Gasteiger charge is 2.03. The number of hydrogen-bond acceptors (Lipinski definition) is 3. The summed E-state index contributed by atoms with van der Waals surface area (Å²) < 4.78 is 1.69. The maximum atomic E-state index is 10.8. The number of hydrogen-bond donors (Lipinski definition) is 2. The maximum absolute atomic E-state index is 10.8. The third-order valence-corrected chi connectivity index (χ3v) is 1.57. The Morgan fingerprint density at radius 3 is 2.92 bits per heavy atom. The second-order valence-electron chi connectivity index (χ2n) is 2.55. The molecule has 0 bridgehead atoms. The number of carbonyl (C=O) groups excluding carboxylic acids is 1. The Kier molecular flexibility index (Phi) is 2.44. The molecule has 0 saturated heterocycles. The van der Waals surface area contributed by atoms with Crippen molar-refractivity contribution in [2.45, 2.75) is 6.92 Å². The standard InChI is InChI=1S/C7H12N4O/c1-5-3-6(10-11(5)2)9-7(12)4-8/h3H,4,8H2,1-2H3,(H,9,10,12). The Bertz CT molecular complexity index is 272. The SMILES string of the molecule is Cc1cc(NC(=O)CN)nn1C. The number of rotatable bonds is 2. The summed E-state index contributed by atoms with van der Waals surface area (Å²) in [5, 5.41) is 6.58. The highest BCUT2D eigenvalue weighted by Crippen LogP contribution is 2.05. The van der Waals surface area contributed by atoms with Gasteiger partial charge in [0.25, 0.3) is 0 Å². The third-order valence-electron chi connectivity index (χ3n) is 1.57. The molecule has 1 aromatic rings. The third kappa shape index (κ3) is 1.82. The molecule has 0 aromatic carbocycles. The Morgan fingerprint density at radius 2 is 2.50 bits per heavy atom. The van der Waals surface area contributed by atoms with E-state index in [-0.39, 0.29) is 12.5 Å². The summed E-state index contributed by atoms with van der Waals surface area (Å²) in [6, 6.07) is 1.79. The van der Waals surface area contributed by atoms with Crippen molar-refractivity contribution >= 4 is 11.7 Å². The van der Waals surface area contributed by atoms with Crippen LogP contribution in [0.15, 0.2) is 6.07 Å². The predicted octanol–water partition coefficient (Wildman–Crippen LogP) is -0.374. The van der Waals surface area contributed by atoms with Crippen LogP contribution in [0.25, 0.3) is 0 Å². The van der Waals surface area contributed by atoms with Crippen molar-refractivity contribution in [3.05, 3.63) is 11.8 Å². The van der Waals surface area contributed by atoms with Gasteiger partial charge in [0, 0.05) is 18.8 Å². The molecule has 12 heavy (non-hydrogen) atoms. The topological polar surface area (TPSA) is 72.9 Å². The van der Waals surface area contributed by atoms with E-state index < -0.39 is 0 Å². The lowest BCUT2D eigenvalue weighted by Gasteiger charge is -1.96. The van der Waals surface area contributed by atoms with Gasteiger partial charge in [-0.15, -0.1) is 0 Å². The van der Waals surface area contributed by atoms with Gasteiger partial charge in [-0.1, -0.05) is 0 Å². The van der Waals surface area contributed by atoms with E-state index in [2.05, 4.69) is 10.4 Å². The van der Waals surface area contributed by atoms with E-state index in [0.717, 1.165) is 5.69 Å². The van der Waals surface area contributed by atoms with Crippen LogP contribution in [0.2, 0.25) is 0 Å². The second kappa shape index (κ2) is 3.36. The molecule has 1 heterocycles. The first-order valence-corrected chi connectivity index (χ1v) is 3.64. The number of nitrogens with one attached hydrogen (secondary N) is 1. The van der Waals surface area contributed by atoms with Crippen molar-refractivity contribution in [2.75, 3.05) is 11.9 Å². The minimum absolute atomic E-state index is 0.0182. The molecule has 5 nitrogen and oxygen atoms in total. The second-order valence-corrected chi connectivity index (χ2v) is 2.55. The predicted molar refractivity (Wildman–Crippen MR) is 45.6 cm³/mol. The summed E-state index contributed by atoms with van der Waals surface area (Å²) >= 11 is 0. The molecule has 0 aliphatic carbocycles. The smallest absolute Gasteiger partial charge is 0.239 e. The quantitative estimate of drug-likeness (QED) is 0.632. The van der Waals surface area contributed by atoms with E-state index >= 15 is 0 Å². The summed E-state index contributed by atoms with van der Waals surface area (Å²) in [6.07, 6.45) is 0. The average Bonchev–Trinajstić information content (AvgIpc) is 2.31. The summed E-state index contributed by atoms with van der Waals surface area (Å²) in [7, 11) is 1.81. The zero-order valence-corrected chi connectivity index (χ0v) is 7.16. The first-order valence-electron chi connectivity index (χ1n) is 3.64. The Labute approximate surface area is 70.5 Å². The first kappa shape index (κ1) is 8.73. The van der Waals surface area contributed by atoms with Gasteiger partial charge in [-0.3, -0.25) is 9.48 Å². The van der Waals surface area contributed by atoms with E-state index in [0.29, 0.717) is 5.82 Å². The lowest BCUT2D eigenvalue weighted by atomic mass is 10.4. The monoisotopic (exact) mass is 168 g/mol. The molecule has 5 heteroatoms. The van der Waals surface area contributed by atoms with E-state index in [1.54, 1.807) is 10.7 Å². The Balaban J connectivity index is 2.70. The molecule has 0 aliphatic heterocycles. The zero-order chi connectivity index (χ0) is 9.14. The largest absolute Gasteiger partial charge is 0.322 e. The van der Waals surface area contributed by atoms with Crippen molar-refractivity contribution in [1.29, 1.82) is 0 Å². The Morgan fingerprint density at radius 1 is 1.83 bits per heavy atom. The van der Waals surface area contributed by atoms with Crippen LogP contribution in [-0.4, -0.2) is 22.2 Å². The Hall–Kier alpha value is -1.36. The van der Waals surface area contributed by atoms with Crippen LogP contribution < -0.4 is 11.1 Å². The minimum Gasteiger partial charge on any atom is -0.322 e. The molecule has 0 fully saturated rings. The minimum atomic E-state index is -0.229. The summed E-state index contributed by atoms with van der Waals surface area (Å²) in [5.41, 5.74) is 6.11.